The Kier molecular flexibility index (Phi) is 4.29. The van der Waals surface area contributed by atoms with Crippen molar-refractivity contribution in [1.29, 1.82) is 0 Å². The van der Waals surface area contributed by atoms with Gasteiger partial charge in [-0.2, -0.15) is 5.10 Å². The highest BCUT2D eigenvalue weighted by Crippen LogP contribution is 2.22. The molecule has 0 aromatic carbocycles. The van der Waals surface area contributed by atoms with Crippen LogP contribution in [0.1, 0.15) is 11.7 Å². The van der Waals surface area contributed by atoms with E-state index in [1.807, 2.05) is 10.7 Å². The first-order valence-corrected chi connectivity index (χ1v) is 7.08. The summed E-state index contributed by atoms with van der Waals surface area (Å²) in [5, 5.41) is 7.22. The number of methoxy groups -OCH3 is 1. The molecule has 22 heavy (non-hydrogen) atoms. The minimum absolute atomic E-state index is 0.0309. The minimum atomic E-state index is -0.135. The van der Waals surface area contributed by atoms with Crippen molar-refractivity contribution >= 4 is 11.9 Å². The average molecular weight is 302 g/mol. The molecule has 0 aliphatic carbocycles. The standard InChI is InChI=1S/C14H18N6O2/c1-22-10-13(21)17-7-12-9-19(14-15-4-2-5-16-14)8-11-3-6-18-20(11)12/h2-6,12H,7-10H2,1H3,(H,17,21). The number of aromatic nitrogens is 4. The molecule has 1 amide bonds. The fraction of sp³-hybridized carbons (Fsp3) is 0.429. The summed E-state index contributed by atoms with van der Waals surface area (Å²) in [6, 6.07) is 3.79. The van der Waals surface area contributed by atoms with Gasteiger partial charge in [0.2, 0.25) is 11.9 Å². The largest absolute Gasteiger partial charge is 0.375 e. The molecule has 0 bridgehead atoms. The lowest BCUT2D eigenvalue weighted by Gasteiger charge is -2.33. The molecule has 2 aromatic heterocycles. The molecule has 3 rings (SSSR count). The summed E-state index contributed by atoms with van der Waals surface area (Å²) in [5.41, 5.74) is 1.07. The molecule has 8 heteroatoms. The molecule has 3 heterocycles. The Morgan fingerprint density at radius 2 is 2.23 bits per heavy atom. The van der Waals surface area contributed by atoms with E-state index in [1.54, 1.807) is 24.7 Å². The lowest BCUT2D eigenvalue weighted by molar-refractivity contribution is -0.124. The lowest BCUT2D eigenvalue weighted by Crippen LogP contribution is -2.44. The average Bonchev–Trinajstić information content (AvgIpc) is 3.02. The summed E-state index contributed by atoms with van der Waals surface area (Å²) in [7, 11) is 1.50. The van der Waals surface area contributed by atoms with E-state index in [0.29, 0.717) is 25.6 Å². The molecule has 0 fully saturated rings. The van der Waals surface area contributed by atoms with Crippen LogP contribution in [0.4, 0.5) is 5.95 Å². The summed E-state index contributed by atoms with van der Waals surface area (Å²) < 4.78 is 6.77. The van der Waals surface area contributed by atoms with Gasteiger partial charge in [0.05, 0.1) is 18.3 Å². The van der Waals surface area contributed by atoms with Gasteiger partial charge in [-0.05, 0) is 12.1 Å². The Hall–Kier alpha value is -2.48. The second-order valence-electron chi connectivity index (χ2n) is 5.09. The fourth-order valence-electron chi connectivity index (χ4n) is 2.56. The fourth-order valence-corrected chi connectivity index (χ4v) is 2.56. The number of fused-ring (bicyclic) bond motifs is 1. The van der Waals surface area contributed by atoms with Gasteiger partial charge in [-0.25, -0.2) is 9.97 Å². The summed E-state index contributed by atoms with van der Waals surface area (Å²) in [6.45, 7) is 1.93. The molecular formula is C14H18N6O2. The molecule has 8 nitrogen and oxygen atoms in total. The van der Waals surface area contributed by atoms with Crippen molar-refractivity contribution in [3.63, 3.8) is 0 Å². The van der Waals surface area contributed by atoms with Crippen molar-refractivity contribution in [2.75, 3.05) is 31.7 Å². The predicted octanol–water partition coefficient (Wildman–Crippen LogP) is -0.00300. The van der Waals surface area contributed by atoms with E-state index in [4.69, 9.17) is 4.74 Å². The number of hydrogen-bond donors (Lipinski definition) is 1. The Bertz CT molecular complexity index is 629. The predicted molar refractivity (Wildman–Crippen MR) is 79.2 cm³/mol. The maximum atomic E-state index is 11.6. The molecule has 1 aliphatic rings. The van der Waals surface area contributed by atoms with Crippen molar-refractivity contribution in [2.45, 2.75) is 12.6 Å². The van der Waals surface area contributed by atoms with E-state index in [9.17, 15) is 4.79 Å². The summed E-state index contributed by atoms with van der Waals surface area (Å²) in [6.07, 6.45) is 5.22. The molecule has 116 valence electrons. The van der Waals surface area contributed by atoms with Crippen molar-refractivity contribution in [1.82, 2.24) is 25.1 Å². The number of anilines is 1. The first-order valence-electron chi connectivity index (χ1n) is 7.08. The van der Waals surface area contributed by atoms with Gasteiger partial charge in [0.15, 0.2) is 0 Å². The lowest BCUT2D eigenvalue weighted by atomic mass is 10.2. The third-order valence-corrected chi connectivity index (χ3v) is 3.53. The van der Waals surface area contributed by atoms with Crippen LogP contribution in [0.2, 0.25) is 0 Å². The highest BCUT2D eigenvalue weighted by Gasteiger charge is 2.27. The van der Waals surface area contributed by atoms with E-state index in [-0.39, 0.29) is 18.6 Å². The van der Waals surface area contributed by atoms with Crippen LogP contribution >= 0.6 is 0 Å². The first-order chi connectivity index (χ1) is 10.8. The molecular weight excluding hydrogens is 284 g/mol. The summed E-state index contributed by atoms with van der Waals surface area (Å²) in [5.74, 6) is 0.549. The van der Waals surface area contributed by atoms with Gasteiger partial charge in [0, 0.05) is 38.8 Å². The van der Waals surface area contributed by atoms with E-state index in [0.717, 1.165) is 5.69 Å². The maximum absolute atomic E-state index is 11.6. The van der Waals surface area contributed by atoms with Crippen molar-refractivity contribution in [3.8, 4) is 0 Å². The molecule has 1 aliphatic heterocycles. The molecule has 1 unspecified atom stereocenters. The van der Waals surface area contributed by atoms with Gasteiger partial charge in [-0.1, -0.05) is 0 Å². The third kappa shape index (κ3) is 3.06. The zero-order valence-electron chi connectivity index (χ0n) is 12.3. The number of carbonyl (C=O) groups excluding carboxylic acids is 1. The van der Waals surface area contributed by atoms with E-state index >= 15 is 0 Å². The van der Waals surface area contributed by atoms with E-state index < -0.39 is 0 Å². The zero-order valence-corrected chi connectivity index (χ0v) is 12.3. The number of amides is 1. The Morgan fingerprint density at radius 3 is 3.00 bits per heavy atom. The summed E-state index contributed by atoms with van der Waals surface area (Å²) in [4.78, 5) is 22.3. The highest BCUT2D eigenvalue weighted by atomic mass is 16.5. The van der Waals surface area contributed by atoms with E-state index in [2.05, 4.69) is 25.3 Å². The van der Waals surface area contributed by atoms with Crippen LogP contribution in [0.5, 0.6) is 0 Å². The Labute approximate surface area is 128 Å². The molecule has 0 spiro atoms. The number of nitrogens with zero attached hydrogens (tertiary/aromatic N) is 5. The van der Waals surface area contributed by atoms with Crippen molar-refractivity contribution in [3.05, 3.63) is 36.4 Å². The number of nitrogens with one attached hydrogen (secondary N) is 1. The SMILES string of the molecule is COCC(=O)NCC1CN(c2ncccn2)Cc2ccnn21. The van der Waals surface area contributed by atoms with Gasteiger partial charge < -0.3 is 15.0 Å². The van der Waals surface area contributed by atoms with Gasteiger partial charge in [0.1, 0.15) is 6.61 Å². The normalized spacial score (nSPS) is 17.1. The number of hydrogen-bond acceptors (Lipinski definition) is 6. The smallest absolute Gasteiger partial charge is 0.246 e. The first kappa shape index (κ1) is 14.5. The quantitative estimate of drug-likeness (QED) is 0.836. The summed E-state index contributed by atoms with van der Waals surface area (Å²) >= 11 is 0. The van der Waals surface area contributed by atoms with Crippen LogP contribution < -0.4 is 10.2 Å². The number of ether oxygens (including phenoxy) is 1. The second kappa shape index (κ2) is 6.52. The maximum Gasteiger partial charge on any atom is 0.246 e. The van der Waals surface area contributed by atoms with Gasteiger partial charge in [-0.3, -0.25) is 9.48 Å². The van der Waals surface area contributed by atoms with Crippen LogP contribution in [0.15, 0.2) is 30.7 Å². The van der Waals surface area contributed by atoms with Crippen molar-refractivity contribution < 1.29 is 9.53 Å². The molecule has 1 N–H and O–H groups in total. The minimum Gasteiger partial charge on any atom is -0.375 e. The second-order valence-corrected chi connectivity index (χ2v) is 5.09. The molecule has 0 radical (unpaired) electrons. The Morgan fingerprint density at radius 1 is 1.41 bits per heavy atom. The van der Waals surface area contributed by atoms with Gasteiger partial charge >= 0.3 is 0 Å². The van der Waals surface area contributed by atoms with Crippen LogP contribution in [-0.2, 0) is 16.1 Å². The van der Waals surface area contributed by atoms with Gasteiger partial charge in [0.25, 0.3) is 0 Å². The highest BCUT2D eigenvalue weighted by molar-refractivity contribution is 5.77. The van der Waals surface area contributed by atoms with Crippen molar-refractivity contribution in [2.24, 2.45) is 0 Å². The molecule has 2 aromatic rings. The number of carbonyl (C=O) groups is 1. The zero-order chi connectivity index (χ0) is 15.4. The molecule has 0 saturated carbocycles. The van der Waals surface area contributed by atoms with Crippen LogP contribution in [0, 0.1) is 0 Å². The van der Waals surface area contributed by atoms with E-state index in [1.165, 1.54) is 7.11 Å². The molecule has 1 atom stereocenters. The third-order valence-electron chi connectivity index (χ3n) is 3.53. The number of rotatable bonds is 5. The van der Waals surface area contributed by atoms with Gasteiger partial charge in [-0.15, -0.1) is 0 Å². The monoisotopic (exact) mass is 302 g/mol. The topological polar surface area (TPSA) is 85.2 Å². The van der Waals surface area contributed by atoms with Crippen LogP contribution in [0.25, 0.3) is 0 Å². The molecule has 0 saturated heterocycles. The van der Waals surface area contributed by atoms with Crippen LogP contribution in [-0.4, -0.2) is 52.5 Å². The Balaban J connectivity index is 1.74. The van der Waals surface area contributed by atoms with Crippen LogP contribution in [0.3, 0.4) is 0 Å².